The Morgan fingerprint density at radius 2 is 2.36 bits per heavy atom. The van der Waals surface area contributed by atoms with Crippen LogP contribution in [0.2, 0.25) is 0 Å². The van der Waals surface area contributed by atoms with E-state index in [4.69, 9.17) is 0 Å². The highest BCUT2D eigenvalue weighted by Crippen LogP contribution is 2.08. The van der Waals surface area contributed by atoms with E-state index in [1.807, 2.05) is 6.07 Å². The van der Waals surface area contributed by atoms with Crippen molar-refractivity contribution in [3.05, 3.63) is 24.0 Å². The van der Waals surface area contributed by atoms with E-state index in [1.165, 1.54) is 0 Å². The lowest BCUT2D eigenvalue weighted by Crippen LogP contribution is -1.80. The fourth-order valence-corrected chi connectivity index (χ4v) is 1.31. The second-order valence-corrected chi connectivity index (χ2v) is 3.57. The maximum atomic E-state index is 4.19. The monoisotopic (exact) mass is 249 g/mol. The Labute approximate surface area is 90.1 Å². The number of fused-ring (bicyclic) bond motifs is 1. The summed E-state index contributed by atoms with van der Waals surface area (Å²) >= 11 is 3.32. The molecule has 0 aliphatic heterocycles. The molecule has 4 heteroatoms. The van der Waals surface area contributed by atoms with Crippen molar-refractivity contribution in [3.63, 3.8) is 0 Å². The van der Waals surface area contributed by atoms with E-state index < -0.39 is 0 Å². The number of alkyl halides is 1. The molecular formula is C10H8BrN3. The van der Waals surface area contributed by atoms with Gasteiger partial charge in [0.25, 0.3) is 0 Å². The smallest absolute Gasteiger partial charge is 0.155 e. The predicted octanol–water partition coefficient (Wildman–Crippen LogP) is 2.09. The molecule has 2 heterocycles. The third-order valence-corrected chi connectivity index (χ3v) is 2.14. The SMILES string of the molecule is BrCCC#Cc1cnc2[nH]ncc2c1. The quantitative estimate of drug-likeness (QED) is 0.622. The lowest BCUT2D eigenvalue weighted by molar-refractivity contribution is 1.10. The lowest BCUT2D eigenvalue weighted by atomic mass is 10.2. The van der Waals surface area contributed by atoms with Crippen molar-refractivity contribution in [1.82, 2.24) is 15.2 Å². The summed E-state index contributed by atoms with van der Waals surface area (Å²) < 4.78 is 0. The van der Waals surface area contributed by atoms with E-state index >= 15 is 0 Å². The van der Waals surface area contributed by atoms with Gasteiger partial charge in [0.2, 0.25) is 0 Å². The lowest BCUT2D eigenvalue weighted by Gasteiger charge is -1.89. The fraction of sp³-hybridized carbons (Fsp3) is 0.200. The first-order valence-electron chi connectivity index (χ1n) is 4.24. The molecule has 0 atom stereocenters. The summed E-state index contributed by atoms with van der Waals surface area (Å²) in [6, 6.07) is 1.98. The van der Waals surface area contributed by atoms with Crippen LogP contribution in [0.5, 0.6) is 0 Å². The number of halogens is 1. The van der Waals surface area contributed by atoms with Crippen LogP contribution in [-0.4, -0.2) is 20.5 Å². The third-order valence-electron chi connectivity index (χ3n) is 1.74. The molecule has 0 bridgehead atoms. The minimum Gasteiger partial charge on any atom is -0.261 e. The van der Waals surface area contributed by atoms with Crippen molar-refractivity contribution in [2.45, 2.75) is 6.42 Å². The Morgan fingerprint density at radius 3 is 3.21 bits per heavy atom. The second kappa shape index (κ2) is 4.25. The third kappa shape index (κ3) is 1.94. The average molecular weight is 250 g/mol. The summed E-state index contributed by atoms with van der Waals surface area (Å²) in [4.78, 5) is 4.19. The molecule has 3 nitrogen and oxygen atoms in total. The van der Waals surface area contributed by atoms with Crippen LogP contribution in [0.4, 0.5) is 0 Å². The molecule has 0 unspecified atom stereocenters. The van der Waals surface area contributed by atoms with Gasteiger partial charge in [0.15, 0.2) is 5.65 Å². The van der Waals surface area contributed by atoms with E-state index in [1.54, 1.807) is 12.4 Å². The van der Waals surface area contributed by atoms with Gasteiger partial charge in [-0.05, 0) is 6.07 Å². The predicted molar refractivity (Wildman–Crippen MR) is 59.2 cm³/mol. The molecule has 0 spiro atoms. The molecule has 2 aromatic rings. The number of hydrogen-bond donors (Lipinski definition) is 1. The van der Waals surface area contributed by atoms with E-state index in [9.17, 15) is 0 Å². The first-order valence-corrected chi connectivity index (χ1v) is 5.36. The molecule has 1 N–H and O–H groups in total. The number of nitrogens with one attached hydrogen (secondary N) is 1. The van der Waals surface area contributed by atoms with Crippen molar-refractivity contribution in [3.8, 4) is 11.8 Å². The van der Waals surface area contributed by atoms with Crippen molar-refractivity contribution in [2.75, 3.05) is 5.33 Å². The maximum absolute atomic E-state index is 4.19. The summed E-state index contributed by atoms with van der Waals surface area (Å²) in [5.41, 5.74) is 1.73. The molecule has 2 rings (SSSR count). The molecule has 0 fully saturated rings. The Morgan fingerprint density at radius 1 is 1.43 bits per heavy atom. The van der Waals surface area contributed by atoms with E-state index in [2.05, 4.69) is 43.0 Å². The molecule has 70 valence electrons. The zero-order chi connectivity index (χ0) is 9.80. The molecular weight excluding hydrogens is 242 g/mol. The number of H-pyrrole nitrogens is 1. The fourth-order valence-electron chi connectivity index (χ4n) is 1.12. The van der Waals surface area contributed by atoms with Crippen molar-refractivity contribution < 1.29 is 0 Å². The molecule has 2 aromatic heterocycles. The van der Waals surface area contributed by atoms with Crippen molar-refractivity contribution in [2.24, 2.45) is 0 Å². The minimum atomic E-state index is 0.802. The summed E-state index contributed by atoms with van der Waals surface area (Å²) in [5, 5.41) is 8.59. The molecule has 0 amide bonds. The highest BCUT2D eigenvalue weighted by molar-refractivity contribution is 9.09. The van der Waals surface area contributed by atoms with Gasteiger partial charge in [-0.2, -0.15) is 5.10 Å². The normalized spacial score (nSPS) is 9.79. The summed E-state index contributed by atoms with van der Waals surface area (Å²) in [5.74, 6) is 6.08. The summed E-state index contributed by atoms with van der Waals surface area (Å²) in [6.45, 7) is 0. The van der Waals surface area contributed by atoms with Crippen molar-refractivity contribution >= 4 is 27.0 Å². The van der Waals surface area contributed by atoms with Crippen LogP contribution >= 0.6 is 15.9 Å². The van der Waals surface area contributed by atoms with E-state index in [-0.39, 0.29) is 0 Å². The van der Waals surface area contributed by atoms with Gasteiger partial charge in [-0.1, -0.05) is 27.8 Å². The van der Waals surface area contributed by atoms with Crippen LogP contribution in [0.15, 0.2) is 18.5 Å². The molecule has 14 heavy (non-hydrogen) atoms. The maximum Gasteiger partial charge on any atom is 0.155 e. The minimum absolute atomic E-state index is 0.802. The Kier molecular flexibility index (Phi) is 2.80. The van der Waals surface area contributed by atoms with Gasteiger partial charge in [0, 0.05) is 28.9 Å². The largest absolute Gasteiger partial charge is 0.261 e. The number of pyridine rings is 1. The first kappa shape index (κ1) is 9.22. The molecule has 0 aliphatic rings. The van der Waals surface area contributed by atoms with Crippen LogP contribution in [0.25, 0.3) is 11.0 Å². The molecule has 0 aromatic carbocycles. The Hall–Kier alpha value is -1.34. The summed E-state index contributed by atoms with van der Waals surface area (Å²) in [7, 11) is 0. The zero-order valence-electron chi connectivity index (χ0n) is 7.42. The molecule has 0 saturated carbocycles. The number of aromatic nitrogens is 3. The van der Waals surface area contributed by atoms with Crippen LogP contribution in [0.1, 0.15) is 12.0 Å². The number of rotatable bonds is 1. The number of hydrogen-bond acceptors (Lipinski definition) is 2. The number of nitrogens with zero attached hydrogens (tertiary/aromatic N) is 2. The second-order valence-electron chi connectivity index (χ2n) is 2.77. The van der Waals surface area contributed by atoms with Gasteiger partial charge in [0.1, 0.15) is 0 Å². The van der Waals surface area contributed by atoms with Crippen LogP contribution < -0.4 is 0 Å². The van der Waals surface area contributed by atoms with E-state index in [0.717, 1.165) is 28.3 Å². The van der Waals surface area contributed by atoms with Crippen LogP contribution in [-0.2, 0) is 0 Å². The van der Waals surface area contributed by atoms with Crippen LogP contribution in [0.3, 0.4) is 0 Å². The highest BCUT2D eigenvalue weighted by atomic mass is 79.9. The van der Waals surface area contributed by atoms with E-state index in [0.29, 0.717) is 0 Å². The molecule has 0 radical (unpaired) electrons. The molecule has 0 saturated heterocycles. The van der Waals surface area contributed by atoms with Gasteiger partial charge in [-0.3, -0.25) is 5.10 Å². The Balaban J connectivity index is 2.31. The molecule has 0 aliphatic carbocycles. The van der Waals surface area contributed by atoms with Gasteiger partial charge < -0.3 is 0 Å². The van der Waals surface area contributed by atoms with Gasteiger partial charge in [-0.25, -0.2) is 4.98 Å². The van der Waals surface area contributed by atoms with Gasteiger partial charge in [0.05, 0.1) is 6.20 Å². The highest BCUT2D eigenvalue weighted by Gasteiger charge is 1.96. The van der Waals surface area contributed by atoms with Crippen LogP contribution in [0, 0.1) is 11.8 Å². The Bertz CT molecular complexity index is 493. The van der Waals surface area contributed by atoms with Gasteiger partial charge >= 0.3 is 0 Å². The number of aromatic amines is 1. The zero-order valence-corrected chi connectivity index (χ0v) is 9.00. The standard InChI is InChI=1S/C10H8BrN3/c11-4-2-1-3-8-5-9-7-13-14-10(9)12-6-8/h5-7H,2,4H2,(H,12,13,14). The average Bonchev–Trinajstić information content (AvgIpc) is 2.65. The summed E-state index contributed by atoms with van der Waals surface area (Å²) in [6.07, 6.45) is 4.35. The van der Waals surface area contributed by atoms with Crippen molar-refractivity contribution in [1.29, 1.82) is 0 Å². The topological polar surface area (TPSA) is 41.6 Å². The first-order chi connectivity index (χ1) is 6.90. The van der Waals surface area contributed by atoms with Gasteiger partial charge in [-0.15, -0.1) is 0 Å².